The summed E-state index contributed by atoms with van der Waals surface area (Å²) in [6.07, 6.45) is 6.46. The topological polar surface area (TPSA) is 16.4 Å². The molecule has 0 N–H and O–H groups in total. The summed E-state index contributed by atoms with van der Waals surface area (Å²) in [5.74, 6) is 1.09. The van der Waals surface area contributed by atoms with E-state index in [-0.39, 0.29) is 10.8 Å². The molecule has 1 aromatic heterocycles. The van der Waals surface area contributed by atoms with Crippen molar-refractivity contribution in [2.24, 2.45) is 0 Å². The molecule has 0 amide bonds. The molecule has 9 aromatic rings. The van der Waals surface area contributed by atoms with Crippen molar-refractivity contribution in [1.29, 1.82) is 0 Å². The zero-order valence-corrected chi connectivity index (χ0v) is 33.7. The first-order valence-corrected chi connectivity index (χ1v) is 21.3. The minimum atomic E-state index is -0.380. The Morgan fingerprint density at radius 1 is 0.450 bits per heavy atom. The Labute approximate surface area is 350 Å². The normalized spacial score (nSPS) is 15.2. The van der Waals surface area contributed by atoms with Crippen LogP contribution in [0.15, 0.2) is 186 Å². The molecule has 284 valence electrons. The fourth-order valence-electron chi connectivity index (χ4n) is 11.5. The molecular weight excluding hydrogens is 727 g/mol. The molecule has 0 saturated heterocycles. The summed E-state index contributed by atoms with van der Waals surface area (Å²) in [6, 6.07) is 66.1. The van der Waals surface area contributed by atoms with E-state index in [9.17, 15) is 0 Å². The molecule has 1 spiro atoms. The van der Waals surface area contributed by atoms with Gasteiger partial charge in [0, 0.05) is 45.4 Å². The van der Waals surface area contributed by atoms with E-state index < -0.39 is 0 Å². The maximum Gasteiger partial charge on any atom is 0.142 e. The molecular formula is C58H41NO. The minimum absolute atomic E-state index is 0.125. The van der Waals surface area contributed by atoms with Crippen LogP contribution in [0.1, 0.15) is 65.0 Å². The lowest BCUT2D eigenvalue weighted by Gasteiger charge is -2.31. The third-order valence-corrected chi connectivity index (χ3v) is 14.2. The average molecular weight is 768 g/mol. The summed E-state index contributed by atoms with van der Waals surface area (Å²) in [5, 5.41) is 1.19. The fraction of sp³-hybridized carbons (Fsp3) is 0.103. The predicted octanol–water partition coefficient (Wildman–Crippen LogP) is 15.2. The van der Waals surface area contributed by atoms with Gasteiger partial charge in [0.1, 0.15) is 11.3 Å². The molecule has 0 aliphatic heterocycles. The molecule has 2 heteroatoms. The van der Waals surface area contributed by atoms with Gasteiger partial charge in [-0.05, 0) is 115 Å². The Bertz CT molecular complexity index is 3260. The molecule has 0 fully saturated rings. The molecule has 2 nitrogen and oxygen atoms in total. The number of anilines is 3. The SMILES string of the molecule is CC1(C)c2ccccc2-c2ccc(N(c3ccc(-c4cccc5c6c(oc45)CCC=C6)cc3)c3ccc4c(c3)-c3ccccc3C43c4ccccc4-c4ccccc43)cc21. The van der Waals surface area contributed by atoms with Crippen LogP contribution in [-0.2, 0) is 17.3 Å². The van der Waals surface area contributed by atoms with E-state index in [2.05, 4.69) is 207 Å². The molecule has 0 atom stereocenters. The van der Waals surface area contributed by atoms with E-state index in [0.29, 0.717) is 0 Å². The lowest BCUT2D eigenvalue weighted by atomic mass is 9.70. The van der Waals surface area contributed by atoms with Crippen LogP contribution in [0.5, 0.6) is 0 Å². The van der Waals surface area contributed by atoms with Crippen LogP contribution in [0.2, 0.25) is 0 Å². The van der Waals surface area contributed by atoms with Crippen molar-refractivity contribution in [3.63, 3.8) is 0 Å². The van der Waals surface area contributed by atoms with Crippen molar-refractivity contribution in [3.05, 3.63) is 227 Å². The van der Waals surface area contributed by atoms with Crippen LogP contribution in [0.3, 0.4) is 0 Å². The highest BCUT2D eigenvalue weighted by molar-refractivity contribution is 6.00. The summed E-state index contributed by atoms with van der Waals surface area (Å²) in [7, 11) is 0. The number of hydrogen-bond donors (Lipinski definition) is 0. The Kier molecular flexibility index (Phi) is 6.86. The van der Waals surface area contributed by atoms with Crippen molar-refractivity contribution in [1.82, 2.24) is 0 Å². The second-order valence-corrected chi connectivity index (χ2v) is 17.5. The van der Waals surface area contributed by atoms with Gasteiger partial charge in [-0.25, -0.2) is 0 Å². The van der Waals surface area contributed by atoms with E-state index in [4.69, 9.17) is 4.42 Å². The highest BCUT2D eigenvalue weighted by atomic mass is 16.3. The molecule has 60 heavy (non-hydrogen) atoms. The van der Waals surface area contributed by atoms with Gasteiger partial charge in [0.2, 0.25) is 0 Å². The van der Waals surface area contributed by atoms with Gasteiger partial charge in [0.25, 0.3) is 0 Å². The molecule has 0 bridgehead atoms. The first-order valence-electron chi connectivity index (χ1n) is 21.3. The number of hydrogen-bond acceptors (Lipinski definition) is 2. The molecule has 1 heterocycles. The monoisotopic (exact) mass is 767 g/mol. The van der Waals surface area contributed by atoms with E-state index in [1.165, 1.54) is 77.7 Å². The van der Waals surface area contributed by atoms with Gasteiger partial charge in [0.05, 0.1) is 5.41 Å². The molecule has 13 rings (SSSR count). The largest absolute Gasteiger partial charge is 0.460 e. The van der Waals surface area contributed by atoms with E-state index in [0.717, 1.165) is 52.4 Å². The lowest BCUT2D eigenvalue weighted by molar-refractivity contribution is 0.547. The van der Waals surface area contributed by atoms with Crippen molar-refractivity contribution < 1.29 is 4.42 Å². The molecule has 8 aromatic carbocycles. The minimum Gasteiger partial charge on any atom is -0.460 e. The van der Waals surface area contributed by atoms with E-state index in [1.807, 2.05) is 0 Å². The Morgan fingerprint density at radius 2 is 0.983 bits per heavy atom. The fourth-order valence-corrected chi connectivity index (χ4v) is 11.5. The molecule has 4 aliphatic rings. The Balaban J connectivity index is 1.01. The smallest absolute Gasteiger partial charge is 0.142 e. The van der Waals surface area contributed by atoms with Crippen molar-refractivity contribution in [2.75, 3.05) is 4.90 Å². The zero-order chi connectivity index (χ0) is 39.7. The molecule has 0 unspecified atom stereocenters. The van der Waals surface area contributed by atoms with Crippen LogP contribution >= 0.6 is 0 Å². The number of rotatable bonds is 4. The highest BCUT2D eigenvalue weighted by Gasteiger charge is 2.51. The number of furan rings is 1. The Hall–Kier alpha value is -7.16. The number of benzene rings is 8. The molecule has 0 saturated carbocycles. The maximum atomic E-state index is 6.57. The van der Waals surface area contributed by atoms with Gasteiger partial charge in [0.15, 0.2) is 0 Å². The second-order valence-electron chi connectivity index (χ2n) is 17.5. The number of nitrogens with zero attached hydrogens (tertiary/aromatic N) is 1. The van der Waals surface area contributed by atoms with Crippen LogP contribution in [0.4, 0.5) is 17.1 Å². The second kappa shape index (κ2) is 12.2. The number of para-hydroxylation sites is 1. The summed E-state index contributed by atoms with van der Waals surface area (Å²) in [5.41, 5.74) is 23.4. The lowest BCUT2D eigenvalue weighted by Crippen LogP contribution is -2.25. The predicted molar refractivity (Wildman–Crippen MR) is 248 cm³/mol. The Morgan fingerprint density at radius 3 is 1.68 bits per heavy atom. The van der Waals surface area contributed by atoms with E-state index in [1.54, 1.807) is 0 Å². The number of fused-ring (bicyclic) bond motifs is 16. The maximum absolute atomic E-state index is 6.57. The van der Waals surface area contributed by atoms with Gasteiger partial charge in [-0.3, -0.25) is 0 Å². The number of aryl methyl sites for hydroxylation is 1. The first-order chi connectivity index (χ1) is 29.5. The summed E-state index contributed by atoms with van der Waals surface area (Å²) in [4.78, 5) is 2.46. The zero-order valence-electron chi connectivity index (χ0n) is 33.7. The highest BCUT2D eigenvalue weighted by Crippen LogP contribution is 2.63. The standard InChI is InChI=1S/C58H41NO/c1-57(2)49-21-8-3-14-41(49)45-32-30-39(35-54(45)57)59(37-28-26-36(27-29-37)40-19-13-20-47-46-18-7-12-25-55(46)60-56(40)47)38-31-33-53-48(34-38)44-17-6-11-24-52(44)58(53)50-22-9-4-15-42(50)43-16-5-10-23-51(43)58/h3-11,13-24,26-35H,12,25H2,1-2H3. The third-order valence-electron chi connectivity index (χ3n) is 14.2. The van der Waals surface area contributed by atoms with Gasteiger partial charge in [-0.15, -0.1) is 0 Å². The van der Waals surface area contributed by atoms with E-state index >= 15 is 0 Å². The molecule has 0 radical (unpaired) electrons. The van der Waals surface area contributed by atoms with Gasteiger partial charge in [-0.2, -0.15) is 0 Å². The van der Waals surface area contributed by atoms with Gasteiger partial charge >= 0.3 is 0 Å². The van der Waals surface area contributed by atoms with Crippen molar-refractivity contribution >= 4 is 34.1 Å². The summed E-state index contributed by atoms with van der Waals surface area (Å²) < 4.78 is 6.57. The molecule has 4 aliphatic carbocycles. The number of allylic oxidation sites excluding steroid dienone is 1. The van der Waals surface area contributed by atoms with Gasteiger partial charge < -0.3 is 9.32 Å². The van der Waals surface area contributed by atoms with Crippen LogP contribution in [-0.4, -0.2) is 0 Å². The summed E-state index contributed by atoms with van der Waals surface area (Å²) in [6.45, 7) is 4.74. The third kappa shape index (κ3) is 4.38. The van der Waals surface area contributed by atoms with Crippen molar-refractivity contribution in [3.8, 4) is 44.5 Å². The van der Waals surface area contributed by atoms with Crippen molar-refractivity contribution in [2.45, 2.75) is 37.5 Å². The van der Waals surface area contributed by atoms with Crippen LogP contribution < -0.4 is 4.90 Å². The van der Waals surface area contributed by atoms with Gasteiger partial charge in [-0.1, -0.05) is 166 Å². The average Bonchev–Trinajstić information content (AvgIpc) is 3.99. The summed E-state index contributed by atoms with van der Waals surface area (Å²) >= 11 is 0. The van der Waals surface area contributed by atoms with Crippen LogP contribution in [0, 0.1) is 0 Å². The quantitative estimate of drug-likeness (QED) is 0.177. The first kappa shape index (κ1) is 33.8. The van der Waals surface area contributed by atoms with Crippen LogP contribution in [0.25, 0.3) is 61.6 Å².